The molecule has 0 saturated heterocycles. The van der Waals surface area contributed by atoms with Gasteiger partial charge in [0.2, 0.25) is 0 Å². The SMILES string of the molecule is NC1(Cc2nnnn2-c2ccccc2)CCCCC1. The van der Waals surface area contributed by atoms with Gasteiger partial charge in [0, 0.05) is 12.0 Å². The summed E-state index contributed by atoms with van der Waals surface area (Å²) < 4.78 is 1.79. The second kappa shape index (κ2) is 5.09. The van der Waals surface area contributed by atoms with E-state index in [1.807, 2.05) is 30.3 Å². The Labute approximate surface area is 112 Å². The van der Waals surface area contributed by atoms with Crippen LogP contribution in [-0.4, -0.2) is 25.7 Å². The van der Waals surface area contributed by atoms with E-state index in [4.69, 9.17) is 5.73 Å². The summed E-state index contributed by atoms with van der Waals surface area (Å²) in [7, 11) is 0. The maximum absolute atomic E-state index is 6.49. The maximum Gasteiger partial charge on any atom is 0.158 e. The number of benzene rings is 1. The number of aromatic nitrogens is 4. The number of hydrogen-bond donors (Lipinski definition) is 1. The van der Waals surface area contributed by atoms with E-state index >= 15 is 0 Å². The lowest BCUT2D eigenvalue weighted by atomic mass is 9.80. The fourth-order valence-corrected chi connectivity index (χ4v) is 2.83. The Bertz CT molecular complexity index is 528. The molecule has 0 amide bonds. The van der Waals surface area contributed by atoms with Crippen LogP contribution in [0.2, 0.25) is 0 Å². The lowest BCUT2D eigenvalue weighted by Gasteiger charge is -2.32. The summed E-state index contributed by atoms with van der Waals surface area (Å²) in [6.07, 6.45) is 6.59. The fourth-order valence-electron chi connectivity index (χ4n) is 2.83. The minimum absolute atomic E-state index is 0.139. The normalized spacial score (nSPS) is 18.4. The minimum atomic E-state index is -0.139. The molecule has 19 heavy (non-hydrogen) atoms. The van der Waals surface area contributed by atoms with Gasteiger partial charge in [-0.1, -0.05) is 37.5 Å². The molecule has 1 saturated carbocycles. The first-order valence-electron chi connectivity index (χ1n) is 6.88. The summed E-state index contributed by atoms with van der Waals surface area (Å²) in [4.78, 5) is 0. The topological polar surface area (TPSA) is 69.6 Å². The third-order valence-electron chi connectivity index (χ3n) is 3.89. The monoisotopic (exact) mass is 257 g/mol. The zero-order chi connectivity index (χ0) is 13.1. The van der Waals surface area contributed by atoms with Crippen LogP contribution >= 0.6 is 0 Å². The van der Waals surface area contributed by atoms with Gasteiger partial charge in [-0.2, -0.15) is 4.68 Å². The van der Waals surface area contributed by atoms with E-state index in [0.29, 0.717) is 0 Å². The van der Waals surface area contributed by atoms with Gasteiger partial charge < -0.3 is 5.73 Å². The molecule has 0 spiro atoms. The Morgan fingerprint density at radius 3 is 2.58 bits per heavy atom. The van der Waals surface area contributed by atoms with E-state index in [2.05, 4.69) is 15.5 Å². The number of rotatable bonds is 3. The first-order chi connectivity index (χ1) is 9.27. The second-order valence-electron chi connectivity index (χ2n) is 5.44. The van der Waals surface area contributed by atoms with Gasteiger partial charge >= 0.3 is 0 Å². The average molecular weight is 257 g/mol. The van der Waals surface area contributed by atoms with E-state index in [-0.39, 0.29) is 5.54 Å². The largest absolute Gasteiger partial charge is 0.325 e. The molecule has 1 aliphatic rings. The van der Waals surface area contributed by atoms with E-state index in [0.717, 1.165) is 30.8 Å². The highest BCUT2D eigenvalue weighted by Gasteiger charge is 2.30. The highest BCUT2D eigenvalue weighted by atomic mass is 15.5. The summed E-state index contributed by atoms with van der Waals surface area (Å²) in [5, 5.41) is 12.0. The molecule has 1 aliphatic carbocycles. The van der Waals surface area contributed by atoms with Crippen molar-refractivity contribution in [2.45, 2.75) is 44.1 Å². The summed E-state index contributed by atoms with van der Waals surface area (Å²) in [5.41, 5.74) is 7.34. The van der Waals surface area contributed by atoms with Crippen molar-refractivity contribution in [2.24, 2.45) is 5.73 Å². The van der Waals surface area contributed by atoms with Gasteiger partial charge in [-0.15, -0.1) is 5.10 Å². The molecular formula is C14H19N5. The number of nitrogens with zero attached hydrogens (tertiary/aromatic N) is 4. The molecule has 0 atom stereocenters. The van der Waals surface area contributed by atoms with Crippen molar-refractivity contribution < 1.29 is 0 Å². The third kappa shape index (κ3) is 2.66. The lowest BCUT2D eigenvalue weighted by Crippen LogP contribution is -2.44. The smallest absolute Gasteiger partial charge is 0.158 e. The van der Waals surface area contributed by atoms with Crippen molar-refractivity contribution in [3.63, 3.8) is 0 Å². The molecule has 0 radical (unpaired) electrons. The van der Waals surface area contributed by atoms with Crippen LogP contribution in [0.5, 0.6) is 0 Å². The molecule has 1 fully saturated rings. The zero-order valence-corrected chi connectivity index (χ0v) is 11.0. The van der Waals surface area contributed by atoms with E-state index < -0.39 is 0 Å². The van der Waals surface area contributed by atoms with Crippen LogP contribution in [0, 0.1) is 0 Å². The minimum Gasteiger partial charge on any atom is -0.325 e. The Hall–Kier alpha value is -1.75. The molecule has 2 aromatic rings. The van der Waals surface area contributed by atoms with Gasteiger partial charge in [-0.3, -0.25) is 0 Å². The molecule has 0 bridgehead atoms. The summed E-state index contributed by atoms with van der Waals surface area (Å²) >= 11 is 0. The Morgan fingerprint density at radius 2 is 1.84 bits per heavy atom. The Kier molecular flexibility index (Phi) is 3.29. The van der Waals surface area contributed by atoms with Gasteiger partial charge in [0.05, 0.1) is 5.69 Å². The number of nitrogens with two attached hydrogens (primary N) is 1. The van der Waals surface area contributed by atoms with Crippen LogP contribution in [0.4, 0.5) is 0 Å². The van der Waals surface area contributed by atoms with Gasteiger partial charge in [0.15, 0.2) is 5.82 Å². The zero-order valence-electron chi connectivity index (χ0n) is 11.0. The van der Waals surface area contributed by atoms with Crippen molar-refractivity contribution in [2.75, 3.05) is 0 Å². The van der Waals surface area contributed by atoms with E-state index in [1.165, 1.54) is 19.3 Å². The molecule has 5 nitrogen and oxygen atoms in total. The first kappa shape index (κ1) is 12.3. The molecule has 1 heterocycles. The lowest BCUT2D eigenvalue weighted by molar-refractivity contribution is 0.288. The quantitative estimate of drug-likeness (QED) is 0.911. The predicted octanol–water partition coefficient (Wildman–Crippen LogP) is 1.87. The maximum atomic E-state index is 6.49. The molecule has 100 valence electrons. The molecule has 1 aromatic heterocycles. The summed E-state index contributed by atoms with van der Waals surface area (Å²) in [5.74, 6) is 0.857. The predicted molar refractivity (Wildman–Crippen MR) is 72.9 cm³/mol. The van der Waals surface area contributed by atoms with Gasteiger partial charge in [0.25, 0.3) is 0 Å². The molecule has 3 rings (SSSR count). The molecule has 5 heteroatoms. The summed E-state index contributed by atoms with van der Waals surface area (Å²) in [6, 6.07) is 9.96. The highest BCUT2D eigenvalue weighted by Crippen LogP contribution is 2.28. The molecule has 1 aromatic carbocycles. The van der Waals surface area contributed by atoms with Crippen molar-refractivity contribution in [1.29, 1.82) is 0 Å². The first-order valence-corrected chi connectivity index (χ1v) is 6.88. The van der Waals surface area contributed by atoms with Gasteiger partial charge in [-0.25, -0.2) is 0 Å². The molecule has 2 N–H and O–H groups in total. The van der Waals surface area contributed by atoms with Crippen LogP contribution in [-0.2, 0) is 6.42 Å². The number of hydrogen-bond acceptors (Lipinski definition) is 4. The van der Waals surface area contributed by atoms with Crippen molar-refractivity contribution >= 4 is 0 Å². The molecular weight excluding hydrogens is 238 g/mol. The summed E-state index contributed by atoms with van der Waals surface area (Å²) in [6.45, 7) is 0. The highest BCUT2D eigenvalue weighted by molar-refractivity contribution is 5.30. The van der Waals surface area contributed by atoms with Gasteiger partial charge in [0.1, 0.15) is 0 Å². The van der Waals surface area contributed by atoms with E-state index in [1.54, 1.807) is 4.68 Å². The standard InChI is InChI=1S/C14H19N5/c15-14(9-5-2-6-10-14)11-13-16-17-18-19(13)12-7-3-1-4-8-12/h1,3-4,7-8H,2,5-6,9-11,15H2. The number of tetrazole rings is 1. The van der Waals surface area contributed by atoms with Crippen LogP contribution in [0.3, 0.4) is 0 Å². The third-order valence-corrected chi connectivity index (χ3v) is 3.89. The van der Waals surface area contributed by atoms with Crippen LogP contribution in [0.25, 0.3) is 5.69 Å². The van der Waals surface area contributed by atoms with Crippen molar-refractivity contribution in [1.82, 2.24) is 20.2 Å². The second-order valence-corrected chi connectivity index (χ2v) is 5.44. The van der Waals surface area contributed by atoms with Crippen LogP contribution in [0.1, 0.15) is 37.9 Å². The molecule has 0 unspecified atom stereocenters. The van der Waals surface area contributed by atoms with Crippen molar-refractivity contribution in [3.8, 4) is 5.69 Å². The Morgan fingerprint density at radius 1 is 1.11 bits per heavy atom. The molecule has 0 aliphatic heterocycles. The van der Waals surface area contributed by atoms with Gasteiger partial charge in [-0.05, 0) is 35.4 Å². The van der Waals surface area contributed by atoms with E-state index in [9.17, 15) is 0 Å². The van der Waals surface area contributed by atoms with Crippen LogP contribution in [0.15, 0.2) is 30.3 Å². The average Bonchev–Trinajstić information content (AvgIpc) is 2.88. The Balaban J connectivity index is 1.84. The fraction of sp³-hybridized carbons (Fsp3) is 0.500. The van der Waals surface area contributed by atoms with Crippen LogP contribution < -0.4 is 5.73 Å². The number of para-hydroxylation sites is 1. The van der Waals surface area contributed by atoms with Crippen molar-refractivity contribution in [3.05, 3.63) is 36.2 Å².